The second kappa shape index (κ2) is 11.0. The lowest BCUT2D eigenvalue weighted by molar-refractivity contribution is -0.150. The highest BCUT2D eigenvalue weighted by atomic mass is 19.1. The molecule has 2 aromatic carbocycles. The second-order valence-electron chi connectivity index (χ2n) is 8.87. The average molecular weight is 460 g/mol. The van der Waals surface area contributed by atoms with Crippen LogP contribution < -0.4 is 16.5 Å². The van der Waals surface area contributed by atoms with Crippen LogP contribution in [0.2, 0.25) is 0 Å². The number of fused-ring (bicyclic) bond motifs is 1. The number of carbonyl (C=O) groups excluding carboxylic acids is 3. The molecule has 3 atom stereocenters. The molecule has 0 spiro atoms. The number of ether oxygens (including phenoxy) is 1. The van der Waals surface area contributed by atoms with E-state index >= 15 is 0 Å². The fourth-order valence-electron chi connectivity index (χ4n) is 3.56. The van der Waals surface area contributed by atoms with Gasteiger partial charge >= 0.3 is 0 Å². The van der Waals surface area contributed by atoms with Crippen molar-refractivity contribution in [1.29, 1.82) is 0 Å². The zero-order valence-corrected chi connectivity index (χ0v) is 18.9. The van der Waals surface area contributed by atoms with Gasteiger partial charge in [-0.2, -0.15) is 0 Å². The quantitative estimate of drug-likeness (QED) is 0.246. The number of halogens is 1. The van der Waals surface area contributed by atoms with E-state index in [1.165, 1.54) is 23.7 Å². The second-order valence-corrected chi connectivity index (χ2v) is 8.87. The van der Waals surface area contributed by atoms with Gasteiger partial charge in [0.15, 0.2) is 6.10 Å². The highest BCUT2D eigenvalue weighted by Gasteiger charge is 2.38. The molecule has 5 N–H and O–H groups in total. The van der Waals surface area contributed by atoms with Crippen LogP contribution in [-0.2, 0) is 25.5 Å². The van der Waals surface area contributed by atoms with Crippen molar-refractivity contribution in [2.24, 2.45) is 17.1 Å². The molecular weight excluding hydrogens is 429 g/mol. The molecule has 0 heterocycles. The van der Waals surface area contributed by atoms with Gasteiger partial charge in [-0.15, -0.1) is 6.58 Å². The van der Waals surface area contributed by atoms with Gasteiger partial charge in [-0.25, -0.2) is 9.87 Å². The van der Waals surface area contributed by atoms with Crippen molar-refractivity contribution in [3.05, 3.63) is 60.4 Å². The van der Waals surface area contributed by atoms with Crippen LogP contribution in [0.5, 0.6) is 0 Å². The third-order valence-electron chi connectivity index (χ3n) is 5.22. The van der Waals surface area contributed by atoms with Crippen molar-refractivity contribution in [2.75, 3.05) is 6.61 Å². The normalized spacial score (nSPS) is 14.2. The minimum atomic E-state index is -1.40. The van der Waals surface area contributed by atoms with Crippen LogP contribution in [0, 0.1) is 17.2 Å². The standard InChI is InChI=1S/C24H30FN3O5/c1-5-10-33-19(23(31)28-32)18(22(30)27-20(21(26)29)24(2,3)4)12-14-6-7-15-8-9-17(25)13-16(15)11-14/h5-9,11,13,18-20,32H,1,10,12H2,2-4H3,(H2,26,29)(H,27,30)(H,28,31)/t18-,19+,20-/m1/s1. The molecule has 9 heteroatoms. The van der Waals surface area contributed by atoms with Crippen LogP contribution in [0.1, 0.15) is 26.3 Å². The molecule has 0 aliphatic carbocycles. The average Bonchev–Trinajstić information content (AvgIpc) is 2.74. The summed E-state index contributed by atoms with van der Waals surface area (Å²) in [5.74, 6) is -3.88. The van der Waals surface area contributed by atoms with Crippen molar-refractivity contribution in [1.82, 2.24) is 10.8 Å². The molecule has 2 aromatic rings. The Morgan fingerprint density at radius 1 is 1.15 bits per heavy atom. The van der Waals surface area contributed by atoms with Crippen molar-refractivity contribution in [3.8, 4) is 0 Å². The first-order valence-corrected chi connectivity index (χ1v) is 10.4. The summed E-state index contributed by atoms with van der Waals surface area (Å²) in [6.07, 6.45) is 0.000315. The molecule has 0 saturated carbocycles. The maximum absolute atomic E-state index is 13.7. The number of hydroxylamine groups is 1. The van der Waals surface area contributed by atoms with E-state index in [9.17, 15) is 24.0 Å². The van der Waals surface area contributed by atoms with Gasteiger partial charge in [0, 0.05) is 0 Å². The van der Waals surface area contributed by atoms with Crippen LogP contribution in [0.4, 0.5) is 4.39 Å². The van der Waals surface area contributed by atoms with Gasteiger partial charge < -0.3 is 15.8 Å². The predicted molar refractivity (Wildman–Crippen MR) is 122 cm³/mol. The Morgan fingerprint density at radius 2 is 1.82 bits per heavy atom. The highest BCUT2D eigenvalue weighted by molar-refractivity contribution is 5.92. The van der Waals surface area contributed by atoms with Crippen molar-refractivity contribution in [3.63, 3.8) is 0 Å². The molecule has 0 fully saturated rings. The SMILES string of the molecule is C=CCO[C@H](C(=O)NO)[C@@H](Cc1ccc2ccc(F)cc2c1)C(=O)N[C@H](C(N)=O)C(C)(C)C. The minimum Gasteiger partial charge on any atom is -0.368 e. The van der Waals surface area contributed by atoms with Gasteiger partial charge in [0.1, 0.15) is 11.9 Å². The first kappa shape index (κ1) is 26.0. The van der Waals surface area contributed by atoms with Gasteiger partial charge in [-0.3, -0.25) is 19.6 Å². The molecule has 0 aliphatic heterocycles. The van der Waals surface area contributed by atoms with Crippen LogP contribution in [0.3, 0.4) is 0 Å². The van der Waals surface area contributed by atoms with Crippen molar-refractivity contribution >= 4 is 28.5 Å². The van der Waals surface area contributed by atoms with E-state index in [2.05, 4.69) is 11.9 Å². The minimum absolute atomic E-state index is 0.00312. The molecule has 33 heavy (non-hydrogen) atoms. The molecule has 0 aromatic heterocycles. The molecule has 0 bridgehead atoms. The lowest BCUT2D eigenvalue weighted by Crippen LogP contribution is -2.56. The number of nitrogens with one attached hydrogen (secondary N) is 2. The Hall–Kier alpha value is -3.30. The number of hydrogen-bond donors (Lipinski definition) is 4. The number of primary amides is 1. The third kappa shape index (κ3) is 6.84. The van der Waals surface area contributed by atoms with E-state index in [4.69, 9.17) is 10.5 Å². The molecule has 0 saturated heterocycles. The van der Waals surface area contributed by atoms with Crippen LogP contribution in [-0.4, -0.2) is 41.7 Å². The van der Waals surface area contributed by atoms with Gasteiger partial charge in [0.05, 0.1) is 12.5 Å². The predicted octanol–water partition coefficient (Wildman–Crippen LogP) is 2.23. The summed E-state index contributed by atoms with van der Waals surface area (Å²) >= 11 is 0. The summed E-state index contributed by atoms with van der Waals surface area (Å²) in [5, 5.41) is 13.3. The Morgan fingerprint density at radius 3 is 2.39 bits per heavy atom. The molecule has 0 unspecified atom stereocenters. The Balaban J connectivity index is 2.46. The zero-order valence-electron chi connectivity index (χ0n) is 18.9. The smallest absolute Gasteiger partial charge is 0.273 e. The monoisotopic (exact) mass is 459 g/mol. The van der Waals surface area contributed by atoms with E-state index in [0.29, 0.717) is 10.9 Å². The molecule has 0 aliphatic rings. The summed E-state index contributed by atoms with van der Waals surface area (Å²) in [5.41, 5.74) is 6.94. The summed E-state index contributed by atoms with van der Waals surface area (Å²) in [6, 6.07) is 8.55. The van der Waals surface area contributed by atoms with E-state index in [0.717, 1.165) is 5.39 Å². The number of amides is 3. The van der Waals surface area contributed by atoms with Crippen molar-refractivity contribution in [2.45, 2.75) is 39.3 Å². The van der Waals surface area contributed by atoms with Gasteiger partial charge in [-0.1, -0.05) is 51.1 Å². The van der Waals surface area contributed by atoms with Gasteiger partial charge in [0.25, 0.3) is 5.91 Å². The number of nitrogens with two attached hydrogens (primary N) is 1. The van der Waals surface area contributed by atoms with Gasteiger partial charge in [-0.05, 0) is 40.3 Å². The maximum Gasteiger partial charge on any atom is 0.273 e. The lowest BCUT2D eigenvalue weighted by Gasteiger charge is -2.32. The highest BCUT2D eigenvalue weighted by Crippen LogP contribution is 2.24. The zero-order chi connectivity index (χ0) is 24.8. The summed E-state index contributed by atoms with van der Waals surface area (Å²) in [6.45, 7) is 8.68. The van der Waals surface area contributed by atoms with Crippen molar-refractivity contribution < 1.29 is 28.7 Å². The number of rotatable bonds is 10. The Bertz CT molecular complexity index is 1030. The molecule has 8 nitrogen and oxygen atoms in total. The summed E-state index contributed by atoms with van der Waals surface area (Å²) in [7, 11) is 0. The fourth-order valence-corrected chi connectivity index (χ4v) is 3.56. The molecule has 0 radical (unpaired) electrons. The third-order valence-corrected chi connectivity index (χ3v) is 5.22. The topological polar surface area (TPSA) is 131 Å². The maximum atomic E-state index is 13.7. The molecule has 2 rings (SSSR count). The van der Waals surface area contributed by atoms with E-state index in [1.54, 1.807) is 45.0 Å². The van der Waals surface area contributed by atoms with Crippen LogP contribution in [0.25, 0.3) is 10.8 Å². The lowest BCUT2D eigenvalue weighted by atomic mass is 9.85. The molecule has 178 valence electrons. The van der Waals surface area contributed by atoms with Gasteiger partial charge in [0.2, 0.25) is 11.8 Å². The molecule has 3 amide bonds. The van der Waals surface area contributed by atoms with E-state index in [1.807, 2.05) is 0 Å². The molecular formula is C24H30FN3O5. The largest absolute Gasteiger partial charge is 0.368 e. The first-order valence-electron chi connectivity index (χ1n) is 10.4. The van der Waals surface area contributed by atoms with E-state index in [-0.39, 0.29) is 13.0 Å². The number of benzene rings is 2. The Labute approximate surface area is 191 Å². The van der Waals surface area contributed by atoms with Crippen LogP contribution >= 0.6 is 0 Å². The summed E-state index contributed by atoms with van der Waals surface area (Å²) < 4.78 is 19.2. The van der Waals surface area contributed by atoms with Crippen LogP contribution in [0.15, 0.2) is 49.1 Å². The Kier molecular flexibility index (Phi) is 8.67. The number of hydrogen-bond acceptors (Lipinski definition) is 5. The number of carbonyl (C=O) groups is 3. The fraction of sp³-hybridized carbons (Fsp3) is 0.375. The van der Waals surface area contributed by atoms with E-state index < -0.39 is 47.0 Å². The first-order chi connectivity index (χ1) is 15.5. The summed E-state index contributed by atoms with van der Waals surface area (Å²) in [4.78, 5) is 37.7.